The topological polar surface area (TPSA) is 75.9 Å². The van der Waals surface area contributed by atoms with E-state index in [-0.39, 0.29) is 55.6 Å². The summed E-state index contributed by atoms with van der Waals surface area (Å²) in [4.78, 5) is 33.0. The zero-order valence-corrected chi connectivity index (χ0v) is 22.2. The Kier molecular flexibility index (Phi) is 9.29. The van der Waals surface area contributed by atoms with Crippen molar-refractivity contribution in [3.8, 4) is 0 Å². The van der Waals surface area contributed by atoms with E-state index in [4.69, 9.17) is 20.8 Å². The lowest BCUT2D eigenvalue weighted by Crippen LogP contribution is -2.43. The fourth-order valence-electron chi connectivity index (χ4n) is 4.61. The van der Waals surface area contributed by atoms with Crippen LogP contribution in [-0.4, -0.2) is 46.4 Å². The predicted molar refractivity (Wildman–Crippen MR) is 138 cm³/mol. The maximum Gasteiger partial charge on any atom is 0.416 e. The molecule has 3 aromatic rings. The number of piperidine rings is 1. The number of esters is 1. The van der Waals surface area contributed by atoms with E-state index in [0.717, 1.165) is 17.7 Å². The van der Waals surface area contributed by atoms with Crippen LogP contribution in [0.3, 0.4) is 0 Å². The lowest BCUT2D eigenvalue weighted by molar-refractivity contribution is -0.149. The molecule has 1 amide bonds. The molecule has 0 bridgehead atoms. The van der Waals surface area contributed by atoms with Gasteiger partial charge in [0.1, 0.15) is 6.26 Å². The third kappa shape index (κ3) is 7.83. The Morgan fingerprint density at radius 3 is 2.54 bits per heavy atom. The lowest BCUT2D eigenvalue weighted by atomic mass is 9.98. The van der Waals surface area contributed by atoms with Gasteiger partial charge in [-0.2, -0.15) is 13.2 Å². The van der Waals surface area contributed by atoms with Crippen LogP contribution in [0.5, 0.6) is 0 Å². The van der Waals surface area contributed by atoms with Gasteiger partial charge in [-0.3, -0.25) is 14.5 Å². The second kappa shape index (κ2) is 12.7. The smallest absolute Gasteiger partial charge is 0.416 e. The van der Waals surface area contributed by atoms with Crippen LogP contribution in [0.1, 0.15) is 52.8 Å². The molecular formula is C28H29ClF3N3O4. The molecule has 1 unspecified atom stereocenters. The van der Waals surface area contributed by atoms with Crippen molar-refractivity contribution in [2.24, 2.45) is 5.92 Å². The van der Waals surface area contributed by atoms with E-state index in [1.54, 1.807) is 36.1 Å². The molecule has 1 aliphatic heterocycles. The number of rotatable bonds is 9. The zero-order chi connectivity index (χ0) is 28.0. The molecule has 0 radical (unpaired) electrons. The standard InChI is InChI=1S/C28H29ClF3N3O4/c1-2-38-27(37)21-8-5-11-35(16-21)26(36)24-18-39-25(33-24)17-34(15-20-7-4-10-23(29)13-20)14-19-6-3-9-22(12-19)28(30,31)32/h3-4,6-7,9-10,12-13,18,21H,2,5,8,11,14-17H2,1H3. The van der Waals surface area contributed by atoms with Crippen LogP contribution in [0.15, 0.2) is 59.2 Å². The summed E-state index contributed by atoms with van der Waals surface area (Å²) >= 11 is 6.13. The van der Waals surface area contributed by atoms with E-state index < -0.39 is 11.7 Å². The SMILES string of the molecule is CCOC(=O)C1CCCN(C(=O)c2coc(CN(Cc3cccc(Cl)c3)Cc3cccc(C(F)(F)F)c3)n2)C1. The first-order valence-corrected chi connectivity index (χ1v) is 13.0. The predicted octanol–water partition coefficient (Wildman–Crippen LogP) is 5.96. The van der Waals surface area contributed by atoms with Crippen molar-refractivity contribution in [2.45, 2.75) is 45.6 Å². The summed E-state index contributed by atoms with van der Waals surface area (Å²) in [6, 6.07) is 12.3. The van der Waals surface area contributed by atoms with Gasteiger partial charge in [-0.05, 0) is 49.1 Å². The van der Waals surface area contributed by atoms with Crippen molar-refractivity contribution in [3.05, 3.63) is 88.1 Å². The maximum atomic E-state index is 13.3. The Morgan fingerprint density at radius 2 is 1.85 bits per heavy atom. The Hall–Kier alpha value is -3.37. The number of carbonyl (C=O) groups is 2. The molecule has 2 heterocycles. The molecule has 0 spiro atoms. The number of alkyl halides is 3. The molecule has 1 atom stereocenters. The normalized spacial score (nSPS) is 15.9. The van der Waals surface area contributed by atoms with Gasteiger partial charge < -0.3 is 14.1 Å². The Morgan fingerprint density at radius 1 is 1.13 bits per heavy atom. The molecule has 7 nitrogen and oxygen atoms in total. The van der Waals surface area contributed by atoms with Crippen molar-refractivity contribution in [1.82, 2.24) is 14.8 Å². The Labute approximate surface area is 229 Å². The van der Waals surface area contributed by atoms with Gasteiger partial charge in [0.15, 0.2) is 5.69 Å². The number of carbonyl (C=O) groups excluding carboxylic acids is 2. The van der Waals surface area contributed by atoms with E-state index >= 15 is 0 Å². The van der Waals surface area contributed by atoms with Crippen molar-refractivity contribution in [1.29, 1.82) is 0 Å². The van der Waals surface area contributed by atoms with Gasteiger partial charge in [0, 0.05) is 31.2 Å². The molecule has 4 rings (SSSR count). The molecular weight excluding hydrogens is 535 g/mol. The quantitative estimate of drug-likeness (QED) is 0.299. The molecule has 39 heavy (non-hydrogen) atoms. The largest absolute Gasteiger partial charge is 0.466 e. The van der Waals surface area contributed by atoms with Crippen LogP contribution < -0.4 is 0 Å². The van der Waals surface area contributed by atoms with Crippen LogP contribution in [0, 0.1) is 5.92 Å². The summed E-state index contributed by atoms with van der Waals surface area (Å²) in [5, 5.41) is 0.540. The van der Waals surface area contributed by atoms with Crippen LogP contribution in [0.2, 0.25) is 5.02 Å². The fraction of sp³-hybridized carbons (Fsp3) is 0.393. The van der Waals surface area contributed by atoms with Crippen LogP contribution in [0.4, 0.5) is 13.2 Å². The van der Waals surface area contributed by atoms with Gasteiger partial charge in [-0.15, -0.1) is 0 Å². The first-order chi connectivity index (χ1) is 18.6. The minimum Gasteiger partial charge on any atom is -0.466 e. The minimum atomic E-state index is -4.45. The van der Waals surface area contributed by atoms with Gasteiger partial charge >= 0.3 is 12.1 Å². The highest BCUT2D eigenvalue weighted by Gasteiger charge is 2.32. The van der Waals surface area contributed by atoms with Crippen molar-refractivity contribution in [3.63, 3.8) is 0 Å². The third-order valence-electron chi connectivity index (χ3n) is 6.41. The summed E-state index contributed by atoms with van der Waals surface area (Å²) in [6.07, 6.45) is -1.86. The average molecular weight is 564 g/mol. The second-order valence-electron chi connectivity index (χ2n) is 9.44. The van der Waals surface area contributed by atoms with Gasteiger partial charge in [0.2, 0.25) is 5.89 Å². The molecule has 0 N–H and O–H groups in total. The maximum absolute atomic E-state index is 13.3. The fourth-order valence-corrected chi connectivity index (χ4v) is 4.83. The van der Waals surface area contributed by atoms with Crippen LogP contribution in [-0.2, 0) is 35.3 Å². The highest BCUT2D eigenvalue weighted by atomic mass is 35.5. The average Bonchev–Trinajstić information content (AvgIpc) is 3.36. The van der Waals surface area contributed by atoms with E-state index in [0.29, 0.717) is 36.5 Å². The zero-order valence-electron chi connectivity index (χ0n) is 21.4. The number of nitrogens with zero attached hydrogens (tertiary/aromatic N) is 3. The number of oxazole rings is 1. The molecule has 208 valence electrons. The molecule has 0 aliphatic carbocycles. The number of amides is 1. The molecule has 1 saturated heterocycles. The monoisotopic (exact) mass is 563 g/mol. The van der Waals surface area contributed by atoms with Crippen molar-refractivity contribution < 1.29 is 31.9 Å². The molecule has 1 fully saturated rings. The minimum absolute atomic E-state index is 0.108. The number of halogens is 4. The molecule has 2 aromatic carbocycles. The van der Waals surface area contributed by atoms with Crippen LogP contribution >= 0.6 is 11.6 Å². The highest BCUT2D eigenvalue weighted by molar-refractivity contribution is 6.30. The second-order valence-corrected chi connectivity index (χ2v) is 9.88. The third-order valence-corrected chi connectivity index (χ3v) is 6.65. The summed E-state index contributed by atoms with van der Waals surface area (Å²) in [7, 11) is 0. The van der Waals surface area contributed by atoms with Gasteiger partial charge in [-0.25, -0.2) is 4.98 Å². The number of hydrogen-bond donors (Lipinski definition) is 0. The van der Waals surface area contributed by atoms with Gasteiger partial charge in [-0.1, -0.05) is 41.9 Å². The van der Waals surface area contributed by atoms with E-state index in [1.165, 1.54) is 12.3 Å². The number of hydrogen-bond acceptors (Lipinski definition) is 6. The Balaban J connectivity index is 1.49. The van der Waals surface area contributed by atoms with Gasteiger partial charge in [0.05, 0.1) is 24.6 Å². The van der Waals surface area contributed by atoms with Crippen molar-refractivity contribution in [2.75, 3.05) is 19.7 Å². The highest BCUT2D eigenvalue weighted by Crippen LogP contribution is 2.30. The Bertz CT molecular complexity index is 1300. The van der Waals surface area contributed by atoms with Crippen molar-refractivity contribution >= 4 is 23.5 Å². The summed E-state index contributed by atoms with van der Waals surface area (Å²) in [5.41, 5.74) is 0.703. The molecule has 0 saturated carbocycles. The van der Waals surface area contributed by atoms with E-state index in [2.05, 4.69) is 4.98 Å². The summed E-state index contributed by atoms with van der Waals surface area (Å²) < 4.78 is 50.5. The van der Waals surface area contributed by atoms with E-state index in [9.17, 15) is 22.8 Å². The number of ether oxygens (including phenoxy) is 1. The number of aromatic nitrogens is 1. The molecule has 1 aliphatic rings. The number of benzene rings is 2. The first-order valence-electron chi connectivity index (χ1n) is 12.7. The lowest BCUT2D eigenvalue weighted by Gasteiger charge is -2.30. The molecule has 11 heteroatoms. The van der Waals surface area contributed by atoms with Gasteiger partial charge in [0.25, 0.3) is 5.91 Å². The molecule has 1 aromatic heterocycles. The summed E-state index contributed by atoms with van der Waals surface area (Å²) in [6.45, 7) is 3.43. The van der Waals surface area contributed by atoms with Crippen LogP contribution in [0.25, 0.3) is 0 Å². The van der Waals surface area contributed by atoms with E-state index in [1.807, 2.05) is 11.0 Å². The number of likely N-dealkylation sites (tertiary alicyclic amines) is 1. The first kappa shape index (κ1) is 28.6. The summed E-state index contributed by atoms with van der Waals surface area (Å²) in [5.74, 6) is -0.804.